The van der Waals surface area contributed by atoms with Crippen LogP contribution in [0.2, 0.25) is 0 Å². The first kappa shape index (κ1) is 20.7. The molecule has 32 heavy (non-hydrogen) atoms. The van der Waals surface area contributed by atoms with Gasteiger partial charge in [-0.2, -0.15) is 0 Å². The lowest BCUT2D eigenvalue weighted by Crippen LogP contribution is -2.33. The predicted octanol–water partition coefficient (Wildman–Crippen LogP) is 6.20. The summed E-state index contributed by atoms with van der Waals surface area (Å²) < 4.78 is 6.14. The van der Waals surface area contributed by atoms with Gasteiger partial charge in [-0.25, -0.2) is 4.98 Å². The molecule has 3 aromatic rings. The second-order valence-corrected chi connectivity index (χ2v) is 10.3. The molecule has 0 saturated carbocycles. The van der Waals surface area contributed by atoms with Crippen molar-refractivity contribution in [3.05, 3.63) is 93.3 Å². The maximum atomic E-state index is 13.4. The van der Waals surface area contributed by atoms with E-state index in [9.17, 15) is 4.79 Å². The van der Waals surface area contributed by atoms with Crippen molar-refractivity contribution in [3.8, 4) is 11.3 Å². The zero-order valence-electron chi connectivity index (χ0n) is 18.5. The number of nitrogens with two attached hydrogens (primary N) is 1. The van der Waals surface area contributed by atoms with Crippen LogP contribution in [0, 0.1) is 12.3 Å². The zero-order valence-corrected chi connectivity index (χ0v) is 19.3. The van der Waals surface area contributed by atoms with Gasteiger partial charge in [0.2, 0.25) is 0 Å². The monoisotopic (exact) mass is 442 g/mol. The highest BCUT2D eigenvalue weighted by Gasteiger charge is 2.43. The van der Waals surface area contributed by atoms with Crippen molar-refractivity contribution in [1.82, 2.24) is 4.98 Å². The number of nitrogens with zero attached hydrogens (tertiary/aromatic N) is 1. The fraction of sp³-hybridized carbons (Fsp3) is 0.259. The van der Waals surface area contributed by atoms with Crippen LogP contribution in [0.3, 0.4) is 0 Å². The van der Waals surface area contributed by atoms with Crippen LogP contribution in [-0.4, -0.2) is 10.8 Å². The first-order valence-corrected chi connectivity index (χ1v) is 11.7. The maximum absolute atomic E-state index is 13.4. The molecular weight excluding hydrogens is 416 g/mol. The Bertz CT molecular complexity index is 1250. The quantitative estimate of drug-likeness (QED) is 0.524. The number of carbonyl (C=O) groups is 1. The Morgan fingerprint density at radius 3 is 2.47 bits per heavy atom. The summed E-state index contributed by atoms with van der Waals surface area (Å²) in [4.78, 5) is 18.3. The van der Waals surface area contributed by atoms with Crippen molar-refractivity contribution in [2.75, 3.05) is 0 Å². The molecule has 5 rings (SSSR count). The van der Waals surface area contributed by atoms with Gasteiger partial charge in [0.05, 0.1) is 11.3 Å². The Hall–Kier alpha value is -3.18. The number of ketones is 1. The molecule has 1 aliphatic carbocycles. The van der Waals surface area contributed by atoms with Gasteiger partial charge in [-0.3, -0.25) is 4.79 Å². The van der Waals surface area contributed by atoms with Crippen molar-refractivity contribution in [1.29, 1.82) is 0 Å². The molecule has 0 spiro atoms. The fourth-order valence-corrected chi connectivity index (χ4v) is 5.53. The van der Waals surface area contributed by atoms with Gasteiger partial charge in [0.15, 0.2) is 11.7 Å². The number of Topliss-reactive ketones (excluding diaryl/α,β-unsaturated/α-hetero) is 1. The average molecular weight is 443 g/mol. The summed E-state index contributed by atoms with van der Waals surface area (Å²) in [6.07, 6.45) is 1.19. The molecule has 0 saturated heterocycles. The van der Waals surface area contributed by atoms with Gasteiger partial charge >= 0.3 is 0 Å². The molecule has 0 radical (unpaired) electrons. The first-order valence-electron chi connectivity index (χ1n) is 10.8. The van der Waals surface area contributed by atoms with Gasteiger partial charge in [-0.05, 0) is 17.9 Å². The normalized spacial score (nSPS) is 20.2. The van der Waals surface area contributed by atoms with E-state index >= 15 is 0 Å². The maximum Gasteiger partial charge on any atom is 0.197 e. The van der Waals surface area contributed by atoms with Crippen LogP contribution in [0.25, 0.3) is 16.8 Å². The van der Waals surface area contributed by atoms with E-state index in [0.717, 1.165) is 33.0 Å². The van der Waals surface area contributed by atoms with E-state index in [4.69, 9.17) is 15.5 Å². The van der Waals surface area contributed by atoms with Crippen LogP contribution in [-0.2, 0) is 9.53 Å². The number of hydrogen-bond acceptors (Lipinski definition) is 5. The number of allylic oxidation sites excluding steroid dienone is 3. The van der Waals surface area contributed by atoms with Crippen molar-refractivity contribution < 1.29 is 9.53 Å². The number of carbonyl (C=O) groups excluding carboxylic acids is 1. The lowest BCUT2D eigenvalue weighted by atomic mass is 9.70. The summed E-state index contributed by atoms with van der Waals surface area (Å²) in [6, 6.07) is 18.4. The van der Waals surface area contributed by atoms with Gasteiger partial charge in [0.1, 0.15) is 10.8 Å². The Balaban J connectivity index is 1.65. The van der Waals surface area contributed by atoms with Crippen molar-refractivity contribution >= 4 is 22.7 Å². The second-order valence-electron chi connectivity index (χ2n) is 9.41. The summed E-state index contributed by atoms with van der Waals surface area (Å²) in [7, 11) is 0. The third kappa shape index (κ3) is 3.67. The zero-order chi connectivity index (χ0) is 22.5. The molecule has 0 fully saturated rings. The van der Waals surface area contributed by atoms with Crippen LogP contribution < -0.4 is 5.73 Å². The number of aromatic nitrogens is 1. The number of benzene rings is 2. The van der Waals surface area contributed by atoms with Crippen LogP contribution in [0.1, 0.15) is 48.7 Å². The lowest BCUT2D eigenvalue weighted by Gasteiger charge is -2.38. The highest BCUT2D eigenvalue weighted by atomic mass is 32.1. The van der Waals surface area contributed by atoms with Gasteiger partial charge in [0.25, 0.3) is 0 Å². The van der Waals surface area contributed by atoms with E-state index in [2.05, 4.69) is 45.0 Å². The Labute approximate surface area is 192 Å². The summed E-state index contributed by atoms with van der Waals surface area (Å²) >= 11 is 1.53. The summed E-state index contributed by atoms with van der Waals surface area (Å²) in [6.45, 7) is 6.26. The van der Waals surface area contributed by atoms with Crippen molar-refractivity contribution in [3.63, 3.8) is 0 Å². The fourth-order valence-electron chi connectivity index (χ4n) is 4.63. The molecule has 1 atom stereocenters. The standard InChI is InChI=1S/C27H26N2O2S/c1-16-9-11-18(12-10-16)22-23-20(30)13-27(2,3)14-21(23)31-25(28)24(22)26-29-19(15-32-26)17-7-5-4-6-8-17/h4-12,15,22H,13-14,28H2,1-3H3/t22-/m1/s1. The molecule has 1 aromatic heterocycles. The molecule has 0 bridgehead atoms. The van der Waals surface area contributed by atoms with Gasteiger partial charge in [-0.1, -0.05) is 74.0 Å². The van der Waals surface area contributed by atoms with Crippen LogP contribution in [0.4, 0.5) is 0 Å². The minimum atomic E-state index is -0.280. The third-order valence-electron chi connectivity index (χ3n) is 6.17. The smallest absolute Gasteiger partial charge is 0.197 e. The molecule has 2 heterocycles. The van der Waals surface area contributed by atoms with E-state index in [1.807, 2.05) is 35.7 Å². The number of ether oxygens (including phenoxy) is 1. The molecule has 1 aliphatic heterocycles. The summed E-state index contributed by atoms with van der Waals surface area (Å²) in [5.41, 5.74) is 12.1. The summed E-state index contributed by atoms with van der Waals surface area (Å²) in [5.74, 6) is 0.899. The topological polar surface area (TPSA) is 65.2 Å². The molecule has 5 heteroatoms. The molecular formula is C27H26N2O2S. The predicted molar refractivity (Wildman–Crippen MR) is 129 cm³/mol. The Morgan fingerprint density at radius 2 is 1.75 bits per heavy atom. The average Bonchev–Trinajstić information content (AvgIpc) is 3.23. The van der Waals surface area contributed by atoms with Crippen LogP contribution >= 0.6 is 11.3 Å². The van der Waals surface area contributed by atoms with Gasteiger partial charge in [0, 0.05) is 35.3 Å². The Morgan fingerprint density at radius 1 is 1.03 bits per heavy atom. The molecule has 0 amide bonds. The number of hydrogen-bond donors (Lipinski definition) is 1. The SMILES string of the molecule is Cc1ccc([C@@H]2C3=C(CC(C)(C)CC3=O)OC(N)=C2c2nc(-c3ccccc3)cs2)cc1. The van der Waals surface area contributed by atoms with E-state index in [1.54, 1.807) is 0 Å². The molecule has 2 aromatic carbocycles. The van der Waals surface area contributed by atoms with E-state index in [1.165, 1.54) is 16.9 Å². The van der Waals surface area contributed by atoms with E-state index in [0.29, 0.717) is 24.5 Å². The van der Waals surface area contributed by atoms with Gasteiger partial charge < -0.3 is 10.5 Å². The number of aryl methyl sites for hydroxylation is 1. The minimum absolute atomic E-state index is 0.131. The summed E-state index contributed by atoms with van der Waals surface area (Å²) in [5, 5.41) is 2.82. The van der Waals surface area contributed by atoms with Crippen molar-refractivity contribution in [2.24, 2.45) is 11.1 Å². The highest BCUT2D eigenvalue weighted by molar-refractivity contribution is 7.11. The first-order chi connectivity index (χ1) is 15.3. The molecule has 162 valence electrons. The van der Waals surface area contributed by atoms with E-state index in [-0.39, 0.29) is 17.1 Å². The largest absolute Gasteiger partial charge is 0.445 e. The number of rotatable bonds is 3. The van der Waals surface area contributed by atoms with Crippen LogP contribution in [0.5, 0.6) is 0 Å². The third-order valence-corrected chi connectivity index (χ3v) is 7.05. The van der Waals surface area contributed by atoms with Crippen molar-refractivity contribution in [2.45, 2.75) is 39.5 Å². The molecule has 2 N–H and O–H groups in total. The number of thiazole rings is 1. The van der Waals surface area contributed by atoms with Crippen LogP contribution in [0.15, 0.2) is 77.2 Å². The molecule has 0 unspecified atom stereocenters. The minimum Gasteiger partial charge on any atom is -0.445 e. The lowest BCUT2D eigenvalue weighted by molar-refractivity contribution is -0.118. The second kappa shape index (κ2) is 7.75. The van der Waals surface area contributed by atoms with E-state index < -0.39 is 0 Å². The highest BCUT2D eigenvalue weighted by Crippen LogP contribution is 2.51. The molecule has 4 nitrogen and oxygen atoms in total. The van der Waals surface area contributed by atoms with Gasteiger partial charge in [-0.15, -0.1) is 11.3 Å². The Kier molecular flexibility index (Phi) is 5.01. The molecule has 2 aliphatic rings.